The van der Waals surface area contributed by atoms with Gasteiger partial charge in [0.05, 0.1) is 26.3 Å². The SMILES string of the molecule is N=C(N)c1csc(CNC(=O)C2CC3(CN2C(=O)CCC(=O)c2ccc(-c4ccccc4)cc2)OCCO3)c1. The number of amidine groups is 1. The first-order valence-corrected chi connectivity index (χ1v) is 13.7. The van der Waals surface area contributed by atoms with Crippen molar-refractivity contribution in [1.29, 1.82) is 5.41 Å². The summed E-state index contributed by atoms with van der Waals surface area (Å²) in [6.45, 7) is 1.19. The maximum Gasteiger partial charge on any atom is 0.243 e. The van der Waals surface area contributed by atoms with Crippen LogP contribution in [0.5, 0.6) is 0 Å². The molecule has 39 heavy (non-hydrogen) atoms. The van der Waals surface area contributed by atoms with Crippen molar-refractivity contribution in [2.24, 2.45) is 5.73 Å². The molecule has 1 unspecified atom stereocenters. The highest BCUT2D eigenvalue weighted by Gasteiger charge is 2.52. The number of ether oxygens (including phenoxy) is 2. The van der Waals surface area contributed by atoms with Crippen LogP contribution in [0.15, 0.2) is 66.0 Å². The highest BCUT2D eigenvalue weighted by atomic mass is 32.1. The molecule has 0 bridgehead atoms. The van der Waals surface area contributed by atoms with Crippen molar-refractivity contribution < 1.29 is 23.9 Å². The number of Topliss-reactive ketones (excluding diaryl/α,β-unsaturated/α-hetero) is 1. The maximum absolute atomic E-state index is 13.3. The minimum absolute atomic E-state index is 0.0218. The number of nitrogens with one attached hydrogen (secondary N) is 2. The molecule has 2 aliphatic heterocycles. The molecular weight excluding hydrogens is 516 g/mol. The lowest BCUT2D eigenvalue weighted by Gasteiger charge is -2.24. The van der Waals surface area contributed by atoms with Crippen LogP contribution in [0, 0.1) is 5.41 Å². The first-order valence-electron chi connectivity index (χ1n) is 12.8. The Morgan fingerprint density at radius 3 is 2.36 bits per heavy atom. The van der Waals surface area contributed by atoms with E-state index in [1.807, 2.05) is 42.5 Å². The van der Waals surface area contributed by atoms with E-state index < -0.39 is 11.8 Å². The van der Waals surface area contributed by atoms with Gasteiger partial charge in [0.15, 0.2) is 11.6 Å². The molecule has 2 aliphatic rings. The van der Waals surface area contributed by atoms with Crippen LogP contribution in [0.1, 0.15) is 40.1 Å². The van der Waals surface area contributed by atoms with Gasteiger partial charge in [-0.15, -0.1) is 11.3 Å². The molecule has 1 atom stereocenters. The van der Waals surface area contributed by atoms with Crippen molar-refractivity contribution in [3.05, 3.63) is 82.0 Å². The summed E-state index contributed by atoms with van der Waals surface area (Å²) in [5.74, 6) is -1.78. The van der Waals surface area contributed by atoms with E-state index in [1.54, 1.807) is 23.6 Å². The minimum Gasteiger partial charge on any atom is -0.384 e. The van der Waals surface area contributed by atoms with Gasteiger partial charge in [-0.1, -0.05) is 54.6 Å². The Labute approximate surface area is 230 Å². The molecule has 0 saturated carbocycles. The van der Waals surface area contributed by atoms with E-state index >= 15 is 0 Å². The fraction of sp³-hybridized carbons (Fsp3) is 0.310. The summed E-state index contributed by atoms with van der Waals surface area (Å²) >= 11 is 1.39. The molecule has 2 saturated heterocycles. The number of hydrogen-bond acceptors (Lipinski definition) is 7. The number of benzene rings is 2. The highest BCUT2D eigenvalue weighted by Crippen LogP contribution is 2.35. The van der Waals surface area contributed by atoms with Gasteiger partial charge in [0.2, 0.25) is 11.8 Å². The Morgan fingerprint density at radius 1 is 1.00 bits per heavy atom. The second-order valence-electron chi connectivity index (χ2n) is 9.65. The fourth-order valence-electron chi connectivity index (χ4n) is 4.94. The van der Waals surface area contributed by atoms with Crippen LogP contribution in [0.4, 0.5) is 0 Å². The van der Waals surface area contributed by atoms with Crippen molar-refractivity contribution in [3.8, 4) is 11.1 Å². The zero-order valence-corrected chi connectivity index (χ0v) is 22.2. The molecule has 5 rings (SSSR count). The van der Waals surface area contributed by atoms with Crippen molar-refractivity contribution in [1.82, 2.24) is 10.2 Å². The normalized spacial score (nSPS) is 17.8. The standard InChI is InChI=1S/C29H30N4O5S/c30-27(31)22-14-23(39-17-22)16-32-28(36)24-15-29(37-12-13-38-29)18-33(24)26(35)11-10-25(34)21-8-6-20(7-9-21)19-4-2-1-3-5-19/h1-9,14,17,24H,10-13,15-16,18H2,(H3,30,31)(H,32,36). The molecular formula is C29H30N4O5S. The van der Waals surface area contributed by atoms with Crippen molar-refractivity contribution in [2.75, 3.05) is 19.8 Å². The van der Waals surface area contributed by atoms with Crippen LogP contribution in [-0.2, 0) is 25.6 Å². The third-order valence-corrected chi connectivity index (χ3v) is 7.95. The number of thiophene rings is 1. The summed E-state index contributed by atoms with van der Waals surface area (Å²) in [5.41, 5.74) is 8.74. The van der Waals surface area contributed by atoms with Gasteiger partial charge in [-0.2, -0.15) is 0 Å². The summed E-state index contributed by atoms with van der Waals surface area (Å²) in [7, 11) is 0. The summed E-state index contributed by atoms with van der Waals surface area (Å²) in [6.07, 6.45) is 0.237. The van der Waals surface area contributed by atoms with E-state index in [1.165, 1.54) is 16.2 Å². The number of hydrogen-bond donors (Lipinski definition) is 3. The Balaban J connectivity index is 1.21. The van der Waals surface area contributed by atoms with Crippen LogP contribution < -0.4 is 11.1 Å². The van der Waals surface area contributed by atoms with Gasteiger partial charge in [-0.25, -0.2) is 0 Å². The maximum atomic E-state index is 13.3. The summed E-state index contributed by atoms with van der Waals surface area (Å²) < 4.78 is 11.6. The fourth-order valence-corrected chi connectivity index (χ4v) is 5.76. The monoisotopic (exact) mass is 546 g/mol. The third kappa shape index (κ3) is 6.08. The molecule has 10 heteroatoms. The van der Waals surface area contributed by atoms with Gasteiger partial charge in [-0.3, -0.25) is 19.8 Å². The van der Waals surface area contributed by atoms with Gasteiger partial charge >= 0.3 is 0 Å². The lowest BCUT2D eigenvalue weighted by atomic mass is 10.0. The van der Waals surface area contributed by atoms with E-state index in [9.17, 15) is 14.4 Å². The Morgan fingerprint density at radius 2 is 1.69 bits per heavy atom. The zero-order valence-electron chi connectivity index (χ0n) is 21.4. The van der Waals surface area contributed by atoms with Crippen molar-refractivity contribution in [3.63, 3.8) is 0 Å². The van der Waals surface area contributed by atoms with E-state index in [0.29, 0.717) is 24.3 Å². The second-order valence-corrected chi connectivity index (χ2v) is 10.6. The Hall–Kier alpha value is -3.86. The van der Waals surface area contributed by atoms with Gasteiger partial charge in [-0.05, 0) is 17.2 Å². The summed E-state index contributed by atoms with van der Waals surface area (Å²) in [6, 6.07) is 18.2. The number of carbonyl (C=O) groups excluding carboxylic acids is 3. The topological polar surface area (TPSA) is 135 Å². The average molecular weight is 547 g/mol. The lowest BCUT2D eigenvalue weighted by molar-refractivity contribution is -0.152. The molecule has 9 nitrogen and oxygen atoms in total. The van der Waals surface area contributed by atoms with Crippen LogP contribution in [0.2, 0.25) is 0 Å². The summed E-state index contributed by atoms with van der Waals surface area (Å²) in [5, 5.41) is 12.2. The first-order chi connectivity index (χ1) is 18.8. The van der Waals surface area contributed by atoms with Gasteiger partial charge in [0.1, 0.15) is 11.9 Å². The molecule has 0 aliphatic carbocycles. The van der Waals surface area contributed by atoms with Crippen LogP contribution >= 0.6 is 11.3 Å². The molecule has 3 heterocycles. The minimum atomic E-state index is -1.00. The molecule has 202 valence electrons. The number of amides is 2. The van der Waals surface area contributed by atoms with E-state index in [2.05, 4.69) is 5.32 Å². The predicted octanol–water partition coefficient (Wildman–Crippen LogP) is 3.32. The summed E-state index contributed by atoms with van der Waals surface area (Å²) in [4.78, 5) is 41.6. The molecule has 0 radical (unpaired) electrons. The largest absolute Gasteiger partial charge is 0.384 e. The first kappa shape index (κ1) is 26.7. The highest BCUT2D eigenvalue weighted by molar-refractivity contribution is 7.10. The van der Waals surface area contributed by atoms with Gasteiger partial charge < -0.3 is 25.4 Å². The van der Waals surface area contributed by atoms with Crippen LogP contribution in [0.3, 0.4) is 0 Å². The number of carbonyl (C=O) groups is 3. The van der Waals surface area contributed by atoms with Crippen LogP contribution in [-0.4, -0.2) is 59.9 Å². The predicted molar refractivity (Wildman–Crippen MR) is 147 cm³/mol. The Kier molecular flexibility index (Phi) is 7.87. The van der Waals surface area contributed by atoms with Crippen LogP contribution in [0.25, 0.3) is 11.1 Å². The number of likely N-dealkylation sites (tertiary alicyclic amines) is 1. The van der Waals surface area contributed by atoms with Crippen molar-refractivity contribution >= 4 is 34.8 Å². The molecule has 3 aromatic rings. The molecule has 1 spiro atoms. The van der Waals surface area contributed by atoms with E-state index in [4.69, 9.17) is 20.6 Å². The molecule has 2 aromatic carbocycles. The zero-order chi connectivity index (χ0) is 27.4. The average Bonchev–Trinajstić information content (AvgIpc) is 3.71. The number of rotatable bonds is 9. The number of ketones is 1. The van der Waals surface area contributed by atoms with Crippen molar-refractivity contribution in [2.45, 2.75) is 37.6 Å². The molecule has 4 N–H and O–H groups in total. The van der Waals surface area contributed by atoms with E-state index in [-0.39, 0.29) is 55.8 Å². The number of nitrogens with two attached hydrogens (primary N) is 1. The van der Waals surface area contributed by atoms with E-state index in [0.717, 1.165) is 16.0 Å². The Bertz CT molecular complexity index is 1370. The molecule has 2 fully saturated rings. The third-order valence-electron chi connectivity index (χ3n) is 7.01. The molecule has 1 aromatic heterocycles. The quantitative estimate of drug-likeness (QED) is 0.214. The van der Waals surface area contributed by atoms with Gasteiger partial charge in [0.25, 0.3) is 0 Å². The second kappa shape index (κ2) is 11.5. The van der Waals surface area contributed by atoms with Gasteiger partial charge in [0, 0.05) is 40.6 Å². The smallest absolute Gasteiger partial charge is 0.243 e. The number of nitrogens with zero attached hydrogens (tertiary/aromatic N) is 1. The number of nitrogen functional groups attached to an aromatic ring is 1. The molecule has 2 amide bonds. The lowest BCUT2D eigenvalue weighted by Crippen LogP contribution is -2.45.